The molecule has 2 N–H and O–H groups in total. The van der Waals surface area contributed by atoms with Gasteiger partial charge in [0.1, 0.15) is 0 Å². The van der Waals surface area contributed by atoms with E-state index < -0.39 is 0 Å². The quantitative estimate of drug-likeness (QED) is 0.835. The van der Waals surface area contributed by atoms with Gasteiger partial charge in [-0.3, -0.25) is 4.90 Å². The molecule has 2 heterocycles. The van der Waals surface area contributed by atoms with E-state index in [1.54, 1.807) is 7.05 Å². The number of likely N-dealkylation sites (tertiary alicyclic amines) is 1. The van der Waals surface area contributed by atoms with Gasteiger partial charge in [0.25, 0.3) is 0 Å². The van der Waals surface area contributed by atoms with Gasteiger partial charge in [0.2, 0.25) is 0 Å². The Labute approximate surface area is 134 Å². The van der Waals surface area contributed by atoms with E-state index in [0.29, 0.717) is 12.1 Å². The molecule has 5 nitrogen and oxygen atoms in total. The normalized spacial score (nSPS) is 28.7. The molecule has 126 valence electrons. The lowest BCUT2D eigenvalue weighted by Gasteiger charge is -2.44. The van der Waals surface area contributed by atoms with Gasteiger partial charge < -0.3 is 15.5 Å². The number of hydrogen-bond donors (Lipinski definition) is 2. The van der Waals surface area contributed by atoms with Crippen molar-refractivity contribution in [3.05, 3.63) is 0 Å². The summed E-state index contributed by atoms with van der Waals surface area (Å²) in [5.41, 5.74) is 0. The molecule has 1 atom stereocenters. The molecule has 1 saturated carbocycles. The summed E-state index contributed by atoms with van der Waals surface area (Å²) < 4.78 is 0. The molecule has 0 bridgehead atoms. The topological polar surface area (TPSA) is 47.6 Å². The number of carbonyl (C=O) groups excluding carboxylic acids is 1. The molecule has 0 aromatic rings. The first-order chi connectivity index (χ1) is 10.8. The summed E-state index contributed by atoms with van der Waals surface area (Å²) in [5, 5.41) is 6.36. The Morgan fingerprint density at radius 2 is 1.73 bits per heavy atom. The Morgan fingerprint density at radius 1 is 1.05 bits per heavy atom. The van der Waals surface area contributed by atoms with Crippen LogP contribution in [0.1, 0.15) is 51.4 Å². The first-order valence-electron chi connectivity index (χ1n) is 9.24. The molecule has 1 aliphatic carbocycles. The standard InChI is InChI=1S/C17H32N4O/c1-18-17(22)21(14-5-3-2-4-6-14)15-8-11-20(12-9-15)16-7-10-19-13-16/h14-16,19H,2-13H2,1H3,(H,18,22). The summed E-state index contributed by atoms with van der Waals surface area (Å²) in [7, 11) is 1.78. The van der Waals surface area contributed by atoms with Crippen LogP contribution in [-0.2, 0) is 0 Å². The largest absolute Gasteiger partial charge is 0.341 e. The molecule has 0 radical (unpaired) electrons. The van der Waals surface area contributed by atoms with Crippen molar-refractivity contribution in [2.45, 2.75) is 69.5 Å². The number of amides is 2. The first-order valence-corrected chi connectivity index (χ1v) is 9.24. The van der Waals surface area contributed by atoms with Crippen LogP contribution in [-0.4, -0.2) is 67.2 Å². The molecule has 3 aliphatic rings. The van der Waals surface area contributed by atoms with Crippen molar-refractivity contribution in [2.75, 3.05) is 33.2 Å². The Balaban J connectivity index is 1.58. The van der Waals surface area contributed by atoms with Crippen molar-refractivity contribution >= 4 is 6.03 Å². The minimum absolute atomic E-state index is 0.146. The highest BCUT2D eigenvalue weighted by Crippen LogP contribution is 2.28. The zero-order chi connectivity index (χ0) is 15.4. The van der Waals surface area contributed by atoms with E-state index in [0.717, 1.165) is 45.1 Å². The van der Waals surface area contributed by atoms with Crippen molar-refractivity contribution in [3.63, 3.8) is 0 Å². The molecule has 3 fully saturated rings. The molecule has 5 heteroatoms. The second-order valence-electron chi connectivity index (χ2n) is 7.17. The highest BCUT2D eigenvalue weighted by Gasteiger charge is 2.35. The van der Waals surface area contributed by atoms with E-state index in [2.05, 4.69) is 20.4 Å². The van der Waals surface area contributed by atoms with Gasteiger partial charge in [0, 0.05) is 44.8 Å². The van der Waals surface area contributed by atoms with E-state index >= 15 is 0 Å². The molecular formula is C17H32N4O. The van der Waals surface area contributed by atoms with Gasteiger partial charge in [0.15, 0.2) is 0 Å². The molecule has 22 heavy (non-hydrogen) atoms. The predicted octanol–water partition coefficient (Wildman–Crippen LogP) is 1.79. The van der Waals surface area contributed by atoms with Crippen molar-refractivity contribution in [1.82, 2.24) is 20.4 Å². The fraction of sp³-hybridized carbons (Fsp3) is 0.941. The Kier molecular flexibility index (Phi) is 5.58. The van der Waals surface area contributed by atoms with Gasteiger partial charge in [-0.15, -0.1) is 0 Å². The summed E-state index contributed by atoms with van der Waals surface area (Å²) in [4.78, 5) is 17.3. The van der Waals surface area contributed by atoms with Gasteiger partial charge in [-0.1, -0.05) is 19.3 Å². The maximum absolute atomic E-state index is 12.4. The van der Waals surface area contributed by atoms with Gasteiger partial charge in [-0.25, -0.2) is 4.79 Å². The molecule has 1 unspecified atom stereocenters. The van der Waals surface area contributed by atoms with Crippen molar-refractivity contribution in [2.24, 2.45) is 0 Å². The van der Waals surface area contributed by atoms with Gasteiger partial charge in [0.05, 0.1) is 0 Å². The third kappa shape index (κ3) is 3.57. The minimum Gasteiger partial charge on any atom is -0.341 e. The summed E-state index contributed by atoms with van der Waals surface area (Å²) >= 11 is 0. The third-order valence-electron chi connectivity index (χ3n) is 5.86. The van der Waals surface area contributed by atoms with Crippen LogP contribution in [0.3, 0.4) is 0 Å². The number of nitrogens with zero attached hydrogens (tertiary/aromatic N) is 2. The van der Waals surface area contributed by atoms with Crippen LogP contribution in [0.4, 0.5) is 4.79 Å². The molecule has 2 aliphatic heterocycles. The lowest BCUT2D eigenvalue weighted by atomic mass is 9.91. The second-order valence-corrected chi connectivity index (χ2v) is 7.17. The zero-order valence-corrected chi connectivity index (χ0v) is 14.0. The van der Waals surface area contributed by atoms with E-state index in [1.807, 2.05) is 0 Å². The number of hydrogen-bond acceptors (Lipinski definition) is 3. The first kappa shape index (κ1) is 16.1. The molecule has 0 spiro atoms. The highest BCUT2D eigenvalue weighted by molar-refractivity contribution is 5.74. The molecule has 0 aromatic heterocycles. The van der Waals surface area contributed by atoms with E-state index in [9.17, 15) is 4.79 Å². The summed E-state index contributed by atoms with van der Waals surface area (Å²) in [6.07, 6.45) is 9.86. The van der Waals surface area contributed by atoms with Crippen molar-refractivity contribution < 1.29 is 4.79 Å². The van der Waals surface area contributed by atoms with Crippen LogP contribution >= 0.6 is 0 Å². The van der Waals surface area contributed by atoms with Crippen LogP contribution in [0.5, 0.6) is 0 Å². The number of piperidine rings is 1. The summed E-state index contributed by atoms with van der Waals surface area (Å²) in [6, 6.07) is 1.78. The van der Waals surface area contributed by atoms with Crippen LogP contribution in [0.25, 0.3) is 0 Å². The molecule has 2 amide bonds. The SMILES string of the molecule is CNC(=O)N(C1CCCCC1)C1CCN(C2CCNC2)CC1. The Bertz CT molecular complexity index is 356. The zero-order valence-electron chi connectivity index (χ0n) is 14.0. The number of urea groups is 1. The van der Waals surface area contributed by atoms with Gasteiger partial charge in [-0.2, -0.15) is 0 Å². The Hall–Kier alpha value is -0.810. The number of rotatable bonds is 3. The highest BCUT2D eigenvalue weighted by atomic mass is 16.2. The van der Waals surface area contributed by atoms with Gasteiger partial charge >= 0.3 is 6.03 Å². The molecule has 3 rings (SSSR count). The van der Waals surface area contributed by atoms with E-state index in [4.69, 9.17) is 0 Å². The fourth-order valence-corrected chi connectivity index (χ4v) is 4.60. The van der Waals surface area contributed by atoms with Crippen LogP contribution in [0.2, 0.25) is 0 Å². The molecule has 2 saturated heterocycles. The average Bonchev–Trinajstić information content (AvgIpc) is 3.11. The Morgan fingerprint density at radius 3 is 2.32 bits per heavy atom. The van der Waals surface area contributed by atoms with Crippen molar-refractivity contribution in [3.8, 4) is 0 Å². The van der Waals surface area contributed by atoms with Gasteiger partial charge in [-0.05, 0) is 38.6 Å². The van der Waals surface area contributed by atoms with Crippen LogP contribution in [0, 0.1) is 0 Å². The lowest BCUT2D eigenvalue weighted by Crippen LogP contribution is -2.55. The predicted molar refractivity (Wildman–Crippen MR) is 89.0 cm³/mol. The van der Waals surface area contributed by atoms with Crippen LogP contribution in [0.15, 0.2) is 0 Å². The molecular weight excluding hydrogens is 276 g/mol. The van der Waals surface area contributed by atoms with E-state index in [-0.39, 0.29) is 6.03 Å². The number of nitrogens with one attached hydrogen (secondary N) is 2. The summed E-state index contributed by atoms with van der Waals surface area (Å²) in [6.45, 7) is 4.61. The maximum atomic E-state index is 12.4. The fourth-order valence-electron chi connectivity index (χ4n) is 4.60. The maximum Gasteiger partial charge on any atom is 0.317 e. The third-order valence-corrected chi connectivity index (χ3v) is 5.86. The van der Waals surface area contributed by atoms with Crippen LogP contribution < -0.4 is 10.6 Å². The van der Waals surface area contributed by atoms with E-state index in [1.165, 1.54) is 38.5 Å². The summed E-state index contributed by atoms with van der Waals surface area (Å²) in [5.74, 6) is 0. The van der Waals surface area contributed by atoms with Crippen molar-refractivity contribution in [1.29, 1.82) is 0 Å². The number of carbonyl (C=O) groups is 1. The monoisotopic (exact) mass is 308 g/mol. The molecule has 0 aromatic carbocycles. The smallest absolute Gasteiger partial charge is 0.317 e. The second kappa shape index (κ2) is 7.64. The lowest BCUT2D eigenvalue weighted by molar-refractivity contribution is 0.0700. The average molecular weight is 308 g/mol. The minimum atomic E-state index is 0.146.